The zero-order chi connectivity index (χ0) is 34.9. The van der Waals surface area contributed by atoms with E-state index in [0.29, 0.717) is 41.1 Å². The molecule has 6 rings (SSSR count). The highest BCUT2D eigenvalue weighted by molar-refractivity contribution is 7.00. The van der Waals surface area contributed by atoms with Crippen LogP contribution in [0, 0.1) is 0 Å². The molecule has 10 nitrogen and oxygen atoms in total. The average Bonchev–Trinajstić information content (AvgIpc) is 3.69. The molecule has 0 amide bonds. The number of fused-ring (bicyclic) bond motifs is 2. The van der Waals surface area contributed by atoms with Gasteiger partial charge in [0.25, 0.3) is 0 Å². The molecule has 0 bridgehead atoms. The fourth-order valence-corrected chi connectivity index (χ4v) is 6.10. The molecule has 256 valence electrons. The first-order valence-corrected chi connectivity index (χ1v) is 16.9. The van der Waals surface area contributed by atoms with Crippen molar-refractivity contribution in [2.45, 2.75) is 39.3 Å². The van der Waals surface area contributed by atoms with Crippen LogP contribution in [-0.2, 0) is 17.2 Å². The number of hydrogen-bond donors (Lipinski definition) is 0. The molecule has 0 saturated carbocycles. The summed E-state index contributed by atoms with van der Waals surface area (Å²) in [5.41, 5.74) is 5.75. The van der Waals surface area contributed by atoms with Crippen molar-refractivity contribution in [2.24, 2.45) is 0 Å². The average molecular weight is 704 g/mol. The number of rotatable bonds is 11. The Kier molecular flexibility index (Phi) is 11.8. The first-order valence-electron chi connectivity index (χ1n) is 15.6. The number of hydrogen-bond acceptors (Lipinski definition) is 10. The zero-order valence-electron chi connectivity index (χ0n) is 28.2. The van der Waals surface area contributed by atoms with E-state index < -0.39 is 6.16 Å². The molecule has 0 unspecified atom stereocenters. The molecule has 0 aliphatic carbocycles. The largest absolute Gasteiger partial charge is 0.515 e. The van der Waals surface area contributed by atoms with E-state index in [2.05, 4.69) is 8.75 Å². The van der Waals surface area contributed by atoms with Gasteiger partial charge in [0.15, 0.2) is 11.5 Å². The smallest absolute Gasteiger partial charge is 0.496 e. The second-order valence-electron chi connectivity index (χ2n) is 11.0. The van der Waals surface area contributed by atoms with Crippen LogP contribution < -0.4 is 23.7 Å². The van der Waals surface area contributed by atoms with Crippen LogP contribution in [0.4, 0.5) is 4.79 Å². The van der Waals surface area contributed by atoms with E-state index in [0.717, 1.165) is 56.1 Å². The molecule has 2 heterocycles. The van der Waals surface area contributed by atoms with Gasteiger partial charge in [-0.1, -0.05) is 42.5 Å². The molecule has 49 heavy (non-hydrogen) atoms. The van der Waals surface area contributed by atoms with Gasteiger partial charge in [0.05, 0.1) is 69.3 Å². The second-order valence-corrected chi connectivity index (χ2v) is 11.8. The summed E-state index contributed by atoms with van der Waals surface area (Å²) in [7, 11) is 4.87. The highest BCUT2D eigenvalue weighted by Crippen LogP contribution is 2.46. The number of alkyl halides is 1. The van der Waals surface area contributed by atoms with Gasteiger partial charge in [-0.3, -0.25) is 0 Å². The molecule has 0 saturated heterocycles. The lowest BCUT2D eigenvalue weighted by atomic mass is 10.0. The van der Waals surface area contributed by atoms with E-state index in [9.17, 15) is 4.79 Å². The van der Waals surface area contributed by atoms with E-state index in [4.69, 9.17) is 40.0 Å². The molecule has 0 aliphatic rings. The summed E-state index contributed by atoms with van der Waals surface area (Å²) in [4.78, 5) is 12.8. The summed E-state index contributed by atoms with van der Waals surface area (Å²) in [6.07, 6.45) is -0.881. The molecule has 12 heteroatoms. The summed E-state index contributed by atoms with van der Waals surface area (Å²) in [5.74, 6) is 3.53. The van der Waals surface area contributed by atoms with Crippen LogP contribution in [0.15, 0.2) is 78.9 Å². The molecule has 0 aliphatic heterocycles. The number of nitrogens with zero attached hydrogens (tertiary/aromatic N) is 3. The monoisotopic (exact) mass is 703 g/mol. The molecule has 0 fully saturated rings. The third-order valence-electron chi connectivity index (χ3n) is 7.51. The number of aromatic nitrogens is 3. The van der Waals surface area contributed by atoms with Crippen LogP contribution in [0.5, 0.6) is 28.9 Å². The Morgan fingerprint density at radius 2 is 1.47 bits per heavy atom. The van der Waals surface area contributed by atoms with E-state index in [1.54, 1.807) is 28.3 Å². The van der Waals surface area contributed by atoms with Crippen LogP contribution in [0.2, 0.25) is 0 Å². The van der Waals surface area contributed by atoms with Gasteiger partial charge in [-0.15, -0.1) is 11.6 Å². The molecular formula is C37H38ClN3O7S. The maximum absolute atomic E-state index is 12.8. The number of halogens is 1. The van der Waals surface area contributed by atoms with Crippen molar-refractivity contribution in [3.63, 3.8) is 0 Å². The molecule has 6 aromatic rings. The molecule has 0 atom stereocenters. The minimum atomic E-state index is -0.801. The van der Waals surface area contributed by atoms with Gasteiger partial charge in [0, 0.05) is 22.6 Å². The minimum Gasteiger partial charge on any atom is -0.496 e. The Morgan fingerprint density at radius 1 is 0.816 bits per heavy atom. The van der Waals surface area contributed by atoms with Crippen molar-refractivity contribution in [2.75, 3.05) is 27.9 Å². The Morgan fingerprint density at radius 3 is 2.10 bits per heavy atom. The summed E-state index contributed by atoms with van der Waals surface area (Å²) in [6, 6.07) is 25.0. The summed E-state index contributed by atoms with van der Waals surface area (Å²) >= 11 is 6.78. The standard InChI is InChI=1S/C29H29N3O6S.C8H9ClO/c1-6-36-29(33)38-28-27(18-11-12-21-22(13-18)31-39-30-21)20-14-25(35-5)26(37-17(2)3)15-23(20)32(28)16-19-9-7-8-10-24(19)34-4;1-10-8-5-3-2-4-7(8)6-9/h7-15,17H,6,16H2,1-5H3;2-5H,6H2,1H3. The van der Waals surface area contributed by atoms with E-state index in [-0.39, 0.29) is 12.7 Å². The minimum absolute atomic E-state index is 0.0803. The lowest BCUT2D eigenvalue weighted by molar-refractivity contribution is 0.101. The molecule has 0 N–H and O–H groups in total. The summed E-state index contributed by atoms with van der Waals surface area (Å²) < 4.78 is 44.3. The summed E-state index contributed by atoms with van der Waals surface area (Å²) in [5, 5.41) is 0.805. The van der Waals surface area contributed by atoms with Gasteiger partial charge in [-0.25, -0.2) is 4.79 Å². The normalized spacial score (nSPS) is 10.9. The van der Waals surface area contributed by atoms with Crippen LogP contribution in [-0.4, -0.2) is 53.5 Å². The van der Waals surface area contributed by atoms with Crippen LogP contribution in [0.25, 0.3) is 33.1 Å². The van der Waals surface area contributed by atoms with E-state index >= 15 is 0 Å². The SMILES string of the molecule is CCOC(=O)Oc1c(-c2ccc3nsnc3c2)c2cc(OC)c(OC(C)C)cc2n1Cc1ccccc1OC.COc1ccccc1CCl. The predicted octanol–water partition coefficient (Wildman–Crippen LogP) is 9.13. The maximum Gasteiger partial charge on any atom is 0.515 e. The fraction of sp³-hybridized carbons (Fsp3) is 0.270. The summed E-state index contributed by atoms with van der Waals surface area (Å²) in [6.45, 7) is 6.17. The highest BCUT2D eigenvalue weighted by atomic mass is 35.5. The molecule has 0 spiro atoms. The van der Waals surface area contributed by atoms with Crippen molar-refractivity contribution in [1.29, 1.82) is 0 Å². The van der Waals surface area contributed by atoms with Crippen LogP contribution >= 0.6 is 23.3 Å². The van der Waals surface area contributed by atoms with Gasteiger partial charge in [-0.05, 0) is 56.7 Å². The lowest BCUT2D eigenvalue weighted by Crippen LogP contribution is -2.14. The zero-order valence-corrected chi connectivity index (χ0v) is 29.8. The Balaban J connectivity index is 0.000000402. The van der Waals surface area contributed by atoms with Crippen molar-refractivity contribution < 1.29 is 33.2 Å². The van der Waals surface area contributed by atoms with E-state index in [1.165, 1.54) is 0 Å². The molecule has 0 radical (unpaired) electrons. The highest BCUT2D eigenvalue weighted by Gasteiger charge is 2.26. The topological polar surface area (TPSA) is 103 Å². The Labute approximate surface area is 294 Å². The van der Waals surface area contributed by atoms with Gasteiger partial charge >= 0.3 is 6.16 Å². The number of ether oxygens (including phenoxy) is 6. The molecule has 2 aromatic heterocycles. The van der Waals surface area contributed by atoms with Crippen LogP contribution in [0.1, 0.15) is 31.9 Å². The van der Waals surface area contributed by atoms with Gasteiger partial charge < -0.3 is 33.0 Å². The predicted molar refractivity (Wildman–Crippen MR) is 193 cm³/mol. The van der Waals surface area contributed by atoms with Gasteiger partial charge in [-0.2, -0.15) is 8.75 Å². The second kappa shape index (κ2) is 16.4. The van der Waals surface area contributed by atoms with Crippen LogP contribution in [0.3, 0.4) is 0 Å². The fourth-order valence-electron chi connectivity index (χ4n) is 5.36. The lowest BCUT2D eigenvalue weighted by Gasteiger charge is -2.16. The first-order chi connectivity index (χ1) is 23.8. The quantitative estimate of drug-likeness (QED) is 0.0965. The van der Waals surface area contributed by atoms with Crippen molar-refractivity contribution in [3.8, 4) is 40.0 Å². The third-order valence-corrected chi connectivity index (χ3v) is 8.35. The maximum atomic E-state index is 12.8. The van der Waals surface area contributed by atoms with Crippen molar-refractivity contribution in [3.05, 3.63) is 90.0 Å². The number of carbonyl (C=O) groups excluding carboxylic acids is 1. The van der Waals surface area contributed by atoms with Crippen molar-refractivity contribution >= 4 is 51.4 Å². The van der Waals surface area contributed by atoms with E-state index in [1.807, 2.05) is 97.3 Å². The van der Waals surface area contributed by atoms with Gasteiger partial charge in [0.2, 0.25) is 5.88 Å². The first kappa shape index (κ1) is 35.3. The third kappa shape index (κ3) is 8.01. The number of carbonyl (C=O) groups is 1. The van der Waals surface area contributed by atoms with Crippen molar-refractivity contribution in [1.82, 2.24) is 13.3 Å². The Hall–Kier alpha value is -5.00. The van der Waals surface area contributed by atoms with Gasteiger partial charge in [0.1, 0.15) is 22.5 Å². The molecular weight excluding hydrogens is 666 g/mol. The number of methoxy groups -OCH3 is 3. The molecule has 4 aromatic carbocycles. The number of para-hydroxylation sites is 2. The number of benzene rings is 4. The Bertz CT molecular complexity index is 2020.